The van der Waals surface area contributed by atoms with Crippen molar-refractivity contribution in [3.8, 4) is 5.75 Å². The van der Waals surface area contributed by atoms with Gasteiger partial charge in [0.05, 0.1) is 6.21 Å². The molecule has 0 aromatic heterocycles. The first kappa shape index (κ1) is 15.4. The number of rotatable bonds is 6. The van der Waals surface area contributed by atoms with Crippen molar-refractivity contribution in [3.63, 3.8) is 0 Å². The first-order valence-corrected chi connectivity index (χ1v) is 6.62. The number of halogens is 1. The second-order valence-electron chi connectivity index (χ2n) is 4.37. The number of ether oxygens (including phenoxy) is 1. The van der Waals surface area contributed by atoms with E-state index < -0.39 is 0 Å². The van der Waals surface area contributed by atoms with Gasteiger partial charge in [-0.2, -0.15) is 5.10 Å². The minimum absolute atomic E-state index is 0.319. The maximum Gasteiger partial charge on any atom is 0.271 e. The van der Waals surface area contributed by atoms with Gasteiger partial charge in [0.15, 0.2) is 0 Å². The van der Waals surface area contributed by atoms with Gasteiger partial charge in [0.25, 0.3) is 5.91 Å². The van der Waals surface area contributed by atoms with Gasteiger partial charge in [0.1, 0.15) is 18.2 Å². The fourth-order valence-electron chi connectivity index (χ4n) is 1.64. The molecule has 0 unspecified atom stereocenters. The molecule has 112 valence electrons. The third kappa shape index (κ3) is 4.56. The van der Waals surface area contributed by atoms with E-state index >= 15 is 0 Å². The molecule has 0 bridgehead atoms. The molecule has 0 aliphatic carbocycles. The van der Waals surface area contributed by atoms with E-state index in [1.807, 2.05) is 0 Å². The van der Waals surface area contributed by atoms with Crippen molar-refractivity contribution in [2.75, 3.05) is 6.61 Å². The molecule has 0 saturated carbocycles. The largest absolute Gasteiger partial charge is 0.490 e. The summed E-state index contributed by atoms with van der Waals surface area (Å²) in [6.45, 7) is 3.97. The minimum Gasteiger partial charge on any atom is -0.490 e. The van der Waals surface area contributed by atoms with Crippen LogP contribution in [0, 0.1) is 5.82 Å². The number of hydrazone groups is 1. The highest BCUT2D eigenvalue weighted by Gasteiger charge is 2.04. The number of hydrogen-bond acceptors (Lipinski definition) is 3. The van der Waals surface area contributed by atoms with Crippen LogP contribution in [0.25, 0.3) is 0 Å². The van der Waals surface area contributed by atoms with Gasteiger partial charge in [0, 0.05) is 5.56 Å². The lowest BCUT2D eigenvalue weighted by atomic mass is 10.2. The van der Waals surface area contributed by atoms with Crippen molar-refractivity contribution >= 4 is 12.1 Å². The maximum atomic E-state index is 12.7. The van der Waals surface area contributed by atoms with Crippen LogP contribution < -0.4 is 10.2 Å². The molecule has 0 atom stereocenters. The monoisotopic (exact) mass is 298 g/mol. The van der Waals surface area contributed by atoms with E-state index in [1.165, 1.54) is 18.3 Å². The number of carbonyl (C=O) groups excluding carboxylic acids is 1. The third-order valence-electron chi connectivity index (χ3n) is 2.73. The topological polar surface area (TPSA) is 50.7 Å². The maximum absolute atomic E-state index is 12.7. The molecule has 0 aliphatic heterocycles. The molecular formula is C17H15FN2O2. The molecule has 22 heavy (non-hydrogen) atoms. The van der Waals surface area contributed by atoms with E-state index in [0.717, 1.165) is 0 Å². The summed E-state index contributed by atoms with van der Waals surface area (Å²) in [5, 5.41) is 3.83. The summed E-state index contributed by atoms with van der Waals surface area (Å²) in [7, 11) is 0. The predicted molar refractivity (Wildman–Crippen MR) is 83.6 cm³/mol. The average molecular weight is 298 g/mol. The van der Waals surface area contributed by atoms with Crippen molar-refractivity contribution in [2.45, 2.75) is 0 Å². The van der Waals surface area contributed by atoms with Crippen LogP contribution in [-0.4, -0.2) is 18.7 Å². The zero-order valence-electron chi connectivity index (χ0n) is 11.8. The van der Waals surface area contributed by atoms with Crippen LogP contribution in [0.4, 0.5) is 4.39 Å². The van der Waals surface area contributed by atoms with Gasteiger partial charge in [-0.05, 0) is 42.0 Å². The van der Waals surface area contributed by atoms with Crippen molar-refractivity contribution in [3.05, 3.63) is 78.1 Å². The van der Waals surface area contributed by atoms with Gasteiger partial charge >= 0.3 is 0 Å². The van der Waals surface area contributed by atoms with Crippen molar-refractivity contribution < 1.29 is 13.9 Å². The Bertz CT molecular complexity index is 664. The molecule has 1 N–H and O–H groups in total. The Labute approximate surface area is 127 Å². The molecule has 4 nitrogen and oxygen atoms in total. The van der Waals surface area contributed by atoms with Crippen molar-refractivity contribution in [2.24, 2.45) is 5.10 Å². The molecule has 0 heterocycles. The molecule has 0 saturated heterocycles. The molecule has 1 amide bonds. The Morgan fingerprint density at radius 2 is 1.86 bits per heavy atom. The number of nitrogens with zero attached hydrogens (tertiary/aromatic N) is 1. The number of nitrogens with one attached hydrogen (secondary N) is 1. The van der Waals surface area contributed by atoms with Crippen LogP contribution in [0.3, 0.4) is 0 Å². The Morgan fingerprint density at radius 1 is 1.18 bits per heavy atom. The summed E-state index contributed by atoms with van der Waals surface area (Å²) in [6, 6.07) is 12.5. The zero-order valence-corrected chi connectivity index (χ0v) is 11.8. The summed E-state index contributed by atoms with van der Waals surface area (Å²) < 4.78 is 18.1. The SMILES string of the molecule is C=CCOc1ccc(C(=O)N/N=C/c2ccc(F)cc2)cc1. The summed E-state index contributed by atoms with van der Waals surface area (Å²) in [5.41, 5.74) is 3.55. The zero-order chi connectivity index (χ0) is 15.8. The number of amides is 1. The number of benzene rings is 2. The standard InChI is InChI=1S/C17H15FN2O2/c1-2-11-22-16-9-5-14(6-10-16)17(21)20-19-12-13-3-7-15(18)8-4-13/h2-10,12H,1,11H2,(H,20,21)/b19-12+. The fraction of sp³-hybridized carbons (Fsp3) is 0.0588. The molecular weight excluding hydrogens is 283 g/mol. The van der Waals surface area contributed by atoms with Crippen molar-refractivity contribution in [1.29, 1.82) is 0 Å². The summed E-state index contributed by atoms with van der Waals surface area (Å²) in [5.74, 6) is -0.000144. The Kier molecular flexibility index (Phi) is 5.43. The normalized spacial score (nSPS) is 10.4. The van der Waals surface area contributed by atoms with Gasteiger partial charge < -0.3 is 4.74 Å². The lowest BCUT2D eigenvalue weighted by Crippen LogP contribution is -2.17. The van der Waals surface area contributed by atoms with Crippen LogP contribution in [0.1, 0.15) is 15.9 Å². The first-order chi connectivity index (χ1) is 10.7. The van der Waals surface area contributed by atoms with Gasteiger partial charge in [-0.15, -0.1) is 0 Å². The molecule has 0 radical (unpaired) electrons. The highest BCUT2D eigenvalue weighted by molar-refractivity contribution is 5.94. The van der Waals surface area contributed by atoms with Crippen LogP contribution in [-0.2, 0) is 0 Å². The Balaban J connectivity index is 1.91. The fourth-order valence-corrected chi connectivity index (χ4v) is 1.64. The van der Waals surface area contributed by atoms with Gasteiger partial charge in [0.2, 0.25) is 0 Å². The third-order valence-corrected chi connectivity index (χ3v) is 2.73. The lowest BCUT2D eigenvalue weighted by Gasteiger charge is -2.04. The van der Waals surface area contributed by atoms with E-state index in [2.05, 4.69) is 17.1 Å². The van der Waals surface area contributed by atoms with E-state index in [1.54, 1.807) is 42.5 Å². The summed E-state index contributed by atoms with van der Waals surface area (Å²) in [4.78, 5) is 11.9. The first-order valence-electron chi connectivity index (χ1n) is 6.62. The van der Waals surface area contributed by atoms with Crippen LogP contribution >= 0.6 is 0 Å². The Morgan fingerprint density at radius 3 is 2.50 bits per heavy atom. The van der Waals surface area contributed by atoms with Crippen LogP contribution in [0.15, 0.2) is 66.3 Å². The number of carbonyl (C=O) groups is 1. The molecule has 5 heteroatoms. The van der Waals surface area contributed by atoms with E-state index in [9.17, 15) is 9.18 Å². The number of hydrogen-bond donors (Lipinski definition) is 1. The van der Waals surface area contributed by atoms with Gasteiger partial charge in [-0.1, -0.05) is 24.8 Å². The highest BCUT2D eigenvalue weighted by atomic mass is 19.1. The molecule has 0 spiro atoms. The van der Waals surface area contributed by atoms with Gasteiger partial charge in [-0.25, -0.2) is 9.82 Å². The summed E-state index contributed by atoms with van der Waals surface area (Å²) in [6.07, 6.45) is 3.09. The van der Waals surface area contributed by atoms with E-state index in [-0.39, 0.29) is 11.7 Å². The molecule has 2 rings (SSSR count). The Hall–Kier alpha value is -2.95. The smallest absolute Gasteiger partial charge is 0.271 e. The average Bonchev–Trinajstić information content (AvgIpc) is 2.55. The van der Waals surface area contributed by atoms with Crippen LogP contribution in [0.5, 0.6) is 5.75 Å². The minimum atomic E-state index is -0.339. The second-order valence-corrected chi connectivity index (χ2v) is 4.37. The molecule has 2 aromatic carbocycles. The van der Waals surface area contributed by atoms with Gasteiger partial charge in [-0.3, -0.25) is 4.79 Å². The van der Waals surface area contributed by atoms with Crippen LogP contribution in [0.2, 0.25) is 0 Å². The molecule has 0 fully saturated rings. The van der Waals surface area contributed by atoms with Crippen molar-refractivity contribution in [1.82, 2.24) is 5.43 Å². The van der Waals surface area contributed by atoms with E-state index in [0.29, 0.717) is 23.5 Å². The second kappa shape index (κ2) is 7.73. The predicted octanol–water partition coefficient (Wildman–Crippen LogP) is 3.15. The van der Waals surface area contributed by atoms with E-state index in [4.69, 9.17) is 4.74 Å². The molecule has 0 aliphatic rings. The summed E-state index contributed by atoms with van der Waals surface area (Å²) >= 11 is 0. The quantitative estimate of drug-likeness (QED) is 0.506. The highest BCUT2D eigenvalue weighted by Crippen LogP contribution is 2.12. The lowest BCUT2D eigenvalue weighted by molar-refractivity contribution is 0.0955. The molecule has 2 aromatic rings.